The molecule has 1 rings (SSSR count). The van der Waals surface area contributed by atoms with Crippen LogP contribution < -0.4 is 10.6 Å². The molecule has 1 aromatic carbocycles. The number of rotatable bonds is 6. The van der Waals surface area contributed by atoms with Crippen LogP contribution in [0.2, 0.25) is 5.02 Å². The number of benzene rings is 1. The van der Waals surface area contributed by atoms with Gasteiger partial charge in [0.05, 0.1) is 10.6 Å². The number of amides is 2. The van der Waals surface area contributed by atoms with Crippen molar-refractivity contribution in [2.24, 2.45) is 5.41 Å². The Hall–Kier alpha value is -2.08. The van der Waals surface area contributed by atoms with Gasteiger partial charge in [-0.25, -0.2) is 4.79 Å². The Balaban J connectivity index is 2.91. The molecule has 1 unspecified atom stereocenters. The number of nitrogens with one attached hydrogen (secondary N) is 2. The molecule has 0 heterocycles. The first-order chi connectivity index (χ1) is 11.0. The summed E-state index contributed by atoms with van der Waals surface area (Å²) >= 11 is 6.02. The van der Waals surface area contributed by atoms with Crippen molar-refractivity contribution in [1.82, 2.24) is 5.32 Å². The molecule has 6 nitrogen and oxygen atoms in total. The van der Waals surface area contributed by atoms with E-state index in [-0.39, 0.29) is 28.3 Å². The maximum absolute atomic E-state index is 12.2. The van der Waals surface area contributed by atoms with Crippen LogP contribution in [-0.4, -0.2) is 28.9 Å². The number of carboxylic acids is 1. The van der Waals surface area contributed by atoms with Gasteiger partial charge in [-0.2, -0.15) is 0 Å². The van der Waals surface area contributed by atoms with Gasteiger partial charge in [-0.3, -0.25) is 9.59 Å². The van der Waals surface area contributed by atoms with Gasteiger partial charge in [0.2, 0.25) is 5.91 Å². The highest BCUT2D eigenvalue weighted by Crippen LogP contribution is 2.23. The smallest absolute Gasteiger partial charge is 0.326 e. The molecule has 0 saturated carbocycles. The summed E-state index contributed by atoms with van der Waals surface area (Å²) in [5, 5.41) is 14.3. The molecule has 0 aromatic heterocycles. The molecule has 132 valence electrons. The highest BCUT2D eigenvalue weighted by Gasteiger charge is 2.21. The summed E-state index contributed by atoms with van der Waals surface area (Å²) in [7, 11) is 0. The number of carbonyl (C=O) groups excluding carboxylic acids is 2. The average molecular weight is 355 g/mol. The second kappa shape index (κ2) is 8.15. The van der Waals surface area contributed by atoms with E-state index in [0.29, 0.717) is 12.1 Å². The van der Waals surface area contributed by atoms with Crippen LogP contribution in [0.5, 0.6) is 0 Å². The first-order valence-electron chi connectivity index (χ1n) is 7.66. The van der Waals surface area contributed by atoms with Gasteiger partial charge in [-0.05, 0) is 30.0 Å². The Kier molecular flexibility index (Phi) is 6.78. The topological polar surface area (TPSA) is 95.5 Å². The van der Waals surface area contributed by atoms with E-state index in [4.69, 9.17) is 16.7 Å². The standard InChI is InChI=1S/C17H23ClN2O4/c1-5-13(16(23)24)20-15(22)11-8-10(6-7-12(11)18)19-14(21)9-17(2,3)4/h6-8,13H,5,9H2,1-4H3,(H,19,21)(H,20,22)(H,23,24). The molecule has 0 radical (unpaired) electrons. The maximum Gasteiger partial charge on any atom is 0.326 e. The second-order valence-electron chi connectivity index (χ2n) is 6.75. The number of hydrogen-bond donors (Lipinski definition) is 3. The molecule has 2 amide bonds. The maximum atomic E-state index is 12.2. The lowest BCUT2D eigenvalue weighted by atomic mass is 9.92. The lowest BCUT2D eigenvalue weighted by Crippen LogP contribution is -2.40. The van der Waals surface area contributed by atoms with Gasteiger partial charge >= 0.3 is 5.97 Å². The summed E-state index contributed by atoms with van der Waals surface area (Å²) in [5.41, 5.74) is 0.388. The van der Waals surface area contributed by atoms with Crippen LogP contribution in [0.25, 0.3) is 0 Å². The van der Waals surface area contributed by atoms with Crippen LogP contribution >= 0.6 is 11.6 Å². The molecule has 3 N–H and O–H groups in total. The number of carboxylic acid groups (broad SMARTS) is 1. The van der Waals surface area contributed by atoms with E-state index in [0.717, 1.165) is 0 Å². The van der Waals surface area contributed by atoms with Crippen LogP contribution in [-0.2, 0) is 9.59 Å². The van der Waals surface area contributed by atoms with E-state index in [1.807, 2.05) is 20.8 Å². The zero-order chi connectivity index (χ0) is 18.5. The third kappa shape index (κ3) is 6.20. The Morgan fingerprint density at radius 1 is 1.25 bits per heavy atom. The molecular formula is C17H23ClN2O4. The fourth-order valence-corrected chi connectivity index (χ4v) is 2.24. The van der Waals surface area contributed by atoms with Crippen LogP contribution in [0, 0.1) is 5.41 Å². The lowest BCUT2D eigenvalue weighted by Gasteiger charge is -2.18. The van der Waals surface area contributed by atoms with E-state index < -0.39 is 17.9 Å². The van der Waals surface area contributed by atoms with Gasteiger partial charge in [0.15, 0.2) is 0 Å². The number of anilines is 1. The van der Waals surface area contributed by atoms with Gasteiger partial charge in [-0.1, -0.05) is 39.3 Å². The second-order valence-corrected chi connectivity index (χ2v) is 7.16. The SMILES string of the molecule is CCC(NC(=O)c1cc(NC(=O)CC(C)(C)C)ccc1Cl)C(=O)O. The van der Waals surface area contributed by atoms with Crippen LogP contribution in [0.4, 0.5) is 5.69 Å². The van der Waals surface area contributed by atoms with E-state index in [9.17, 15) is 14.4 Å². The molecule has 0 aliphatic carbocycles. The summed E-state index contributed by atoms with van der Waals surface area (Å²) in [6.07, 6.45) is 0.578. The molecule has 7 heteroatoms. The van der Waals surface area contributed by atoms with Gasteiger partial charge in [-0.15, -0.1) is 0 Å². The van der Waals surface area contributed by atoms with Crippen molar-refractivity contribution in [3.05, 3.63) is 28.8 Å². The van der Waals surface area contributed by atoms with Crippen molar-refractivity contribution < 1.29 is 19.5 Å². The van der Waals surface area contributed by atoms with Gasteiger partial charge in [0.25, 0.3) is 5.91 Å². The summed E-state index contributed by atoms with van der Waals surface area (Å²) in [5.74, 6) is -1.88. The van der Waals surface area contributed by atoms with Gasteiger partial charge < -0.3 is 15.7 Å². The first-order valence-corrected chi connectivity index (χ1v) is 8.04. The van der Waals surface area contributed by atoms with Crippen molar-refractivity contribution >= 4 is 35.1 Å². The molecule has 0 fully saturated rings. The molecule has 1 atom stereocenters. The van der Waals surface area contributed by atoms with Crippen molar-refractivity contribution in [3.63, 3.8) is 0 Å². The van der Waals surface area contributed by atoms with E-state index in [2.05, 4.69) is 10.6 Å². The molecule has 0 aliphatic heterocycles. The molecule has 0 spiro atoms. The summed E-state index contributed by atoms with van der Waals surface area (Å²) in [6, 6.07) is 3.53. The quantitative estimate of drug-likeness (QED) is 0.730. The monoisotopic (exact) mass is 354 g/mol. The van der Waals surface area contributed by atoms with Crippen molar-refractivity contribution in [2.75, 3.05) is 5.32 Å². The Bertz CT molecular complexity index is 638. The average Bonchev–Trinajstić information content (AvgIpc) is 2.44. The largest absolute Gasteiger partial charge is 0.480 e. The zero-order valence-electron chi connectivity index (χ0n) is 14.3. The molecule has 1 aromatic rings. The minimum absolute atomic E-state index is 0.116. The van der Waals surface area contributed by atoms with E-state index in [1.165, 1.54) is 12.1 Å². The zero-order valence-corrected chi connectivity index (χ0v) is 15.0. The fraction of sp³-hybridized carbons (Fsp3) is 0.471. The fourth-order valence-electron chi connectivity index (χ4n) is 2.04. The number of halogens is 1. The molecule has 0 bridgehead atoms. The minimum atomic E-state index is -1.11. The Morgan fingerprint density at radius 3 is 2.38 bits per heavy atom. The van der Waals surface area contributed by atoms with E-state index >= 15 is 0 Å². The van der Waals surface area contributed by atoms with Gasteiger partial charge in [0.1, 0.15) is 6.04 Å². The molecule has 0 saturated heterocycles. The summed E-state index contributed by atoms with van der Waals surface area (Å²) in [6.45, 7) is 7.50. The minimum Gasteiger partial charge on any atom is -0.480 e. The Labute approximate surface area is 146 Å². The van der Waals surface area contributed by atoms with Crippen LogP contribution in [0.3, 0.4) is 0 Å². The number of aliphatic carboxylic acids is 1. The van der Waals surface area contributed by atoms with Crippen molar-refractivity contribution in [1.29, 1.82) is 0 Å². The number of carbonyl (C=O) groups is 3. The lowest BCUT2D eigenvalue weighted by molar-refractivity contribution is -0.139. The number of hydrogen-bond acceptors (Lipinski definition) is 3. The van der Waals surface area contributed by atoms with E-state index in [1.54, 1.807) is 13.0 Å². The highest BCUT2D eigenvalue weighted by molar-refractivity contribution is 6.34. The third-order valence-corrected chi connectivity index (χ3v) is 3.53. The van der Waals surface area contributed by atoms with Gasteiger partial charge in [0, 0.05) is 12.1 Å². The third-order valence-electron chi connectivity index (χ3n) is 3.20. The van der Waals surface area contributed by atoms with Crippen molar-refractivity contribution in [2.45, 2.75) is 46.6 Å². The predicted octanol–water partition coefficient (Wildman–Crippen LogP) is 3.31. The van der Waals surface area contributed by atoms with Crippen LogP contribution in [0.15, 0.2) is 18.2 Å². The summed E-state index contributed by atoms with van der Waals surface area (Å²) < 4.78 is 0. The molecular weight excluding hydrogens is 332 g/mol. The highest BCUT2D eigenvalue weighted by atomic mass is 35.5. The van der Waals surface area contributed by atoms with Crippen molar-refractivity contribution in [3.8, 4) is 0 Å². The molecule has 24 heavy (non-hydrogen) atoms. The summed E-state index contributed by atoms with van der Waals surface area (Å²) in [4.78, 5) is 35.2. The molecule has 0 aliphatic rings. The first kappa shape index (κ1) is 20.0. The normalized spacial score (nSPS) is 12.4. The Morgan fingerprint density at radius 2 is 1.88 bits per heavy atom. The van der Waals surface area contributed by atoms with Crippen LogP contribution in [0.1, 0.15) is 50.9 Å². The predicted molar refractivity (Wildman–Crippen MR) is 93.3 cm³/mol.